The lowest BCUT2D eigenvalue weighted by Crippen LogP contribution is -2.12. The minimum atomic E-state index is -0.129. The van der Waals surface area contributed by atoms with Crippen LogP contribution in [-0.2, 0) is 0 Å². The summed E-state index contributed by atoms with van der Waals surface area (Å²) in [5.41, 5.74) is -0.129. The highest BCUT2D eigenvalue weighted by atomic mass is 79.9. The third-order valence-corrected chi connectivity index (χ3v) is 3.54. The maximum atomic E-state index is 7.04. The standard InChI is InChI=1S/C14H26BrN/c1-14(2,16-3)12-10-8-6-4-5-7-9-11-13-15/h4-13H2,1-2H3. The molecular weight excluding hydrogens is 262 g/mol. The molecule has 0 aromatic heterocycles. The number of rotatable bonds is 10. The molecule has 94 valence electrons. The Morgan fingerprint density at radius 1 is 0.875 bits per heavy atom. The van der Waals surface area contributed by atoms with E-state index in [9.17, 15) is 0 Å². The number of hydrogen-bond donors (Lipinski definition) is 0. The van der Waals surface area contributed by atoms with Gasteiger partial charge in [-0.05, 0) is 12.8 Å². The van der Waals surface area contributed by atoms with Gasteiger partial charge in [0, 0.05) is 25.6 Å². The van der Waals surface area contributed by atoms with Gasteiger partial charge in [0.15, 0.2) is 0 Å². The zero-order valence-electron chi connectivity index (χ0n) is 10.9. The van der Waals surface area contributed by atoms with E-state index in [1.54, 1.807) is 0 Å². The van der Waals surface area contributed by atoms with Crippen molar-refractivity contribution in [3.05, 3.63) is 11.4 Å². The molecule has 0 bridgehead atoms. The van der Waals surface area contributed by atoms with Crippen LogP contribution in [0.4, 0.5) is 0 Å². The number of halogens is 1. The highest BCUT2D eigenvalue weighted by molar-refractivity contribution is 9.09. The zero-order chi connectivity index (χ0) is 12.3. The molecule has 2 heteroatoms. The molecule has 0 atom stereocenters. The molecule has 0 N–H and O–H groups in total. The second-order valence-electron chi connectivity index (χ2n) is 5.19. The molecular formula is C14H26BrN. The van der Waals surface area contributed by atoms with Gasteiger partial charge < -0.3 is 4.85 Å². The quantitative estimate of drug-likeness (QED) is 0.280. The van der Waals surface area contributed by atoms with E-state index in [0.29, 0.717) is 0 Å². The van der Waals surface area contributed by atoms with Crippen LogP contribution in [0.15, 0.2) is 0 Å². The summed E-state index contributed by atoms with van der Waals surface area (Å²) in [6.45, 7) is 11.1. The van der Waals surface area contributed by atoms with E-state index in [0.717, 1.165) is 11.8 Å². The minimum absolute atomic E-state index is 0.129. The van der Waals surface area contributed by atoms with Crippen LogP contribution in [0.3, 0.4) is 0 Å². The van der Waals surface area contributed by atoms with Crippen molar-refractivity contribution in [3.8, 4) is 0 Å². The van der Waals surface area contributed by atoms with E-state index in [1.165, 1.54) is 51.4 Å². The molecule has 0 saturated heterocycles. The molecule has 0 aromatic carbocycles. The molecule has 0 aliphatic heterocycles. The largest absolute Gasteiger partial charge is 0.311 e. The van der Waals surface area contributed by atoms with Gasteiger partial charge in [-0.3, -0.25) is 0 Å². The third-order valence-electron chi connectivity index (χ3n) is 2.97. The Morgan fingerprint density at radius 2 is 1.31 bits per heavy atom. The van der Waals surface area contributed by atoms with Crippen LogP contribution in [0, 0.1) is 6.57 Å². The van der Waals surface area contributed by atoms with Gasteiger partial charge in [-0.15, -0.1) is 0 Å². The highest BCUT2D eigenvalue weighted by Crippen LogP contribution is 2.19. The lowest BCUT2D eigenvalue weighted by atomic mass is 9.97. The van der Waals surface area contributed by atoms with Crippen LogP contribution in [0.2, 0.25) is 0 Å². The van der Waals surface area contributed by atoms with Gasteiger partial charge in [0.25, 0.3) is 0 Å². The second kappa shape index (κ2) is 10.1. The maximum absolute atomic E-state index is 7.04. The van der Waals surface area contributed by atoms with Crippen molar-refractivity contribution in [3.63, 3.8) is 0 Å². The molecule has 0 saturated carbocycles. The average Bonchev–Trinajstić information content (AvgIpc) is 2.27. The fourth-order valence-corrected chi connectivity index (χ4v) is 2.17. The lowest BCUT2D eigenvalue weighted by Gasteiger charge is -2.10. The summed E-state index contributed by atoms with van der Waals surface area (Å²) in [7, 11) is 0. The third kappa shape index (κ3) is 10.5. The maximum Gasteiger partial charge on any atom is 0.227 e. The van der Waals surface area contributed by atoms with E-state index < -0.39 is 0 Å². The molecule has 0 radical (unpaired) electrons. The summed E-state index contributed by atoms with van der Waals surface area (Å²) in [5.74, 6) is 0. The van der Waals surface area contributed by atoms with Crippen molar-refractivity contribution in [2.75, 3.05) is 5.33 Å². The van der Waals surface area contributed by atoms with Crippen LogP contribution >= 0.6 is 15.9 Å². The Balaban J connectivity index is 3.14. The molecule has 0 amide bonds. The number of hydrogen-bond acceptors (Lipinski definition) is 0. The van der Waals surface area contributed by atoms with Gasteiger partial charge in [0.1, 0.15) is 0 Å². The smallest absolute Gasteiger partial charge is 0.227 e. The van der Waals surface area contributed by atoms with Gasteiger partial charge in [0.05, 0.1) is 0 Å². The number of alkyl halides is 1. The molecule has 0 heterocycles. The predicted octanol–water partition coefficient (Wildman–Crippen LogP) is 5.59. The molecule has 16 heavy (non-hydrogen) atoms. The Hall–Kier alpha value is -0.0300. The fraction of sp³-hybridized carbons (Fsp3) is 0.929. The first-order chi connectivity index (χ1) is 7.62. The summed E-state index contributed by atoms with van der Waals surface area (Å²) in [5, 5.41) is 1.15. The van der Waals surface area contributed by atoms with Crippen molar-refractivity contribution < 1.29 is 0 Å². The Bertz CT molecular complexity index is 193. The molecule has 0 aromatic rings. The summed E-state index contributed by atoms with van der Waals surface area (Å²) in [6, 6.07) is 0. The lowest BCUT2D eigenvalue weighted by molar-refractivity contribution is 0.494. The first kappa shape index (κ1) is 16.0. The van der Waals surface area contributed by atoms with Crippen molar-refractivity contribution in [1.29, 1.82) is 0 Å². The van der Waals surface area contributed by atoms with Gasteiger partial charge >= 0.3 is 0 Å². The van der Waals surface area contributed by atoms with E-state index in [-0.39, 0.29) is 5.54 Å². The van der Waals surface area contributed by atoms with Gasteiger partial charge in [0.2, 0.25) is 5.54 Å². The Morgan fingerprint density at radius 3 is 1.75 bits per heavy atom. The van der Waals surface area contributed by atoms with Gasteiger partial charge in [-0.25, -0.2) is 6.57 Å². The monoisotopic (exact) mass is 287 g/mol. The van der Waals surface area contributed by atoms with Crippen molar-refractivity contribution in [1.82, 2.24) is 0 Å². The second-order valence-corrected chi connectivity index (χ2v) is 5.98. The van der Waals surface area contributed by atoms with Crippen molar-refractivity contribution >= 4 is 15.9 Å². The number of nitrogens with zero attached hydrogens (tertiary/aromatic N) is 1. The summed E-state index contributed by atoms with van der Waals surface area (Å²) in [6.07, 6.45) is 11.8. The number of unbranched alkanes of at least 4 members (excludes halogenated alkanes) is 7. The summed E-state index contributed by atoms with van der Waals surface area (Å²) < 4.78 is 0. The first-order valence-electron chi connectivity index (χ1n) is 6.57. The molecule has 0 fully saturated rings. The van der Waals surface area contributed by atoms with E-state index in [2.05, 4.69) is 20.8 Å². The molecule has 0 unspecified atom stereocenters. The molecule has 0 spiro atoms. The van der Waals surface area contributed by atoms with Crippen LogP contribution in [0.1, 0.15) is 71.6 Å². The molecule has 0 rings (SSSR count). The minimum Gasteiger partial charge on any atom is -0.311 e. The van der Waals surface area contributed by atoms with Gasteiger partial charge in [-0.1, -0.05) is 54.5 Å². The average molecular weight is 288 g/mol. The van der Waals surface area contributed by atoms with Crippen LogP contribution in [-0.4, -0.2) is 10.9 Å². The Kier molecular flexibility index (Phi) is 10.1. The van der Waals surface area contributed by atoms with E-state index in [1.807, 2.05) is 13.8 Å². The van der Waals surface area contributed by atoms with E-state index >= 15 is 0 Å². The Labute approximate surface area is 110 Å². The van der Waals surface area contributed by atoms with Gasteiger partial charge in [-0.2, -0.15) is 0 Å². The normalized spacial score (nSPS) is 11.4. The SMILES string of the molecule is [C-]#[N+]C(C)(C)CCCCCCCCCCBr. The first-order valence-corrected chi connectivity index (χ1v) is 7.69. The van der Waals surface area contributed by atoms with E-state index in [4.69, 9.17) is 6.57 Å². The highest BCUT2D eigenvalue weighted by Gasteiger charge is 2.21. The van der Waals surface area contributed by atoms with Crippen LogP contribution in [0.25, 0.3) is 4.85 Å². The topological polar surface area (TPSA) is 4.36 Å². The summed E-state index contributed by atoms with van der Waals surface area (Å²) >= 11 is 3.45. The summed E-state index contributed by atoms with van der Waals surface area (Å²) in [4.78, 5) is 3.63. The van der Waals surface area contributed by atoms with Crippen molar-refractivity contribution in [2.45, 2.75) is 77.2 Å². The van der Waals surface area contributed by atoms with Crippen LogP contribution in [0.5, 0.6) is 0 Å². The molecule has 1 nitrogen and oxygen atoms in total. The molecule has 0 aliphatic rings. The van der Waals surface area contributed by atoms with Crippen molar-refractivity contribution in [2.24, 2.45) is 0 Å². The zero-order valence-corrected chi connectivity index (χ0v) is 12.5. The predicted molar refractivity (Wildman–Crippen MR) is 76.0 cm³/mol. The fourth-order valence-electron chi connectivity index (χ4n) is 1.77. The molecule has 0 aliphatic carbocycles. The van der Waals surface area contributed by atoms with Crippen LogP contribution < -0.4 is 0 Å².